The van der Waals surface area contributed by atoms with Crippen LogP contribution in [-0.4, -0.2) is 186 Å². The van der Waals surface area contributed by atoms with Gasteiger partial charge in [-0.05, 0) is 93.0 Å². The first-order chi connectivity index (χ1) is 35.9. The third kappa shape index (κ3) is 14.6. The molecule has 0 aliphatic carbocycles. The number of hydrogen-bond acceptors (Lipinski definition) is 20. The van der Waals surface area contributed by atoms with E-state index in [-0.39, 0.29) is 81.4 Å². The number of ether oxygens (including phenoxy) is 4. The van der Waals surface area contributed by atoms with Gasteiger partial charge in [-0.15, -0.1) is 0 Å². The standard InChI is InChI=1S/C20H27F2N7O2.C15H22BF2N3O2.C14H22ClN5O2/c1-11-10-30-5-4-29(11)20-26-18(15-7-24-16(23)6-14(15)17(21)22)25-19(27-20)28-8-12(2)31-13(3)9-28;1-14(2)15(3,4)23-16(22-14)11-8-19-12(20-9-21(5)6)7-10(11)13(17)18;1-9-8-21-5-4-20(9)14-17-12(15)16-13(18-14)19-6-10(2)22-11(3)7-19/h6-7,11-13,17H,4-5,8-10H2,1-3H3,(H2,23,24);7-9,13H,1-6H3;9-11H,4-8H2,1-3H3/t11-,12-,13+;;9-,10-,11+/m1.1/s1. The molecule has 5 fully saturated rings. The van der Waals surface area contributed by atoms with Crippen LogP contribution in [0.3, 0.4) is 0 Å². The first kappa shape index (κ1) is 58.3. The summed E-state index contributed by atoms with van der Waals surface area (Å²) in [5.41, 5.74) is 4.40. The van der Waals surface area contributed by atoms with E-state index in [1.54, 1.807) is 19.0 Å². The molecule has 4 aromatic heterocycles. The molecule has 0 aromatic carbocycles. The van der Waals surface area contributed by atoms with E-state index in [2.05, 4.69) is 70.5 Å². The highest BCUT2D eigenvalue weighted by atomic mass is 35.5. The summed E-state index contributed by atoms with van der Waals surface area (Å²) in [5, 5.41) is 0.227. The van der Waals surface area contributed by atoms with Gasteiger partial charge in [-0.25, -0.2) is 32.5 Å². The van der Waals surface area contributed by atoms with Gasteiger partial charge in [-0.1, -0.05) is 0 Å². The number of nitrogens with zero attached hydrogens (tertiary/aromatic N) is 14. The first-order valence-corrected chi connectivity index (χ1v) is 25.8. The maximum atomic E-state index is 13.8. The van der Waals surface area contributed by atoms with Gasteiger partial charge in [-0.2, -0.15) is 29.9 Å². The maximum absolute atomic E-state index is 13.8. The number of nitrogens with two attached hydrogens (primary N) is 1. The predicted molar refractivity (Wildman–Crippen MR) is 284 cm³/mol. The Morgan fingerprint density at radius 3 is 1.64 bits per heavy atom. The highest BCUT2D eigenvalue weighted by molar-refractivity contribution is 6.62. The van der Waals surface area contributed by atoms with Gasteiger partial charge in [0.05, 0.1) is 80.5 Å². The van der Waals surface area contributed by atoms with Crippen molar-refractivity contribution in [1.29, 1.82) is 0 Å². The predicted octanol–water partition coefficient (Wildman–Crippen LogP) is 6.20. The third-order valence-electron chi connectivity index (χ3n) is 13.4. The van der Waals surface area contributed by atoms with Crippen molar-refractivity contribution in [2.75, 3.05) is 105 Å². The number of anilines is 5. The molecule has 0 bridgehead atoms. The lowest BCUT2D eigenvalue weighted by atomic mass is 9.77. The number of nitrogen functional groups attached to an aromatic ring is 1. The van der Waals surface area contributed by atoms with E-state index in [9.17, 15) is 17.6 Å². The molecule has 9 heterocycles. The molecular weight excluding hydrogens is 1020 g/mol. The van der Waals surface area contributed by atoms with Crippen molar-refractivity contribution < 1.29 is 45.8 Å². The van der Waals surface area contributed by atoms with Gasteiger partial charge in [0.2, 0.25) is 29.1 Å². The molecule has 0 unspecified atom stereocenters. The molecule has 6 atom stereocenters. The summed E-state index contributed by atoms with van der Waals surface area (Å²) >= 11 is 6.13. The normalized spacial score (nSPS) is 24.6. The average molecular weight is 1090 g/mol. The molecule has 76 heavy (non-hydrogen) atoms. The van der Waals surface area contributed by atoms with Crippen molar-refractivity contribution in [1.82, 2.24) is 44.8 Å². The van der Waals surface area contributed by atoms with Crippen LogP contribution in [0.1, 0.15) is 93.2 Å². The van der Waals surface area contributed by atoms with Gasteiger partial charge in [0.1, 0.15) is 5.82 Å². The summed E-state index contributed by atoms with van der Waals surface area (Å²) in [6, 6.07) is 2.70. The van der Waals surface area contributed by atoms with Crippen molar-refractivity contribution in [2.45, 2.75) is 130 Å². The van der Waals surface area contributed by atoms with E-state index in [4.69, 9.17) is 50.6 Å². The van der Waals surface area contributed by atoms with Crippen molar-refractivity contribution >= 4 is 65.9 Å². The number of pyridine rings is 2. The average Bonchev–Trinajstić information content (AvgIpc) is 3.59. The van der Waals surface area contributed by atoms with E-state index in [1.807, 2.05) is 58.3 Å². The smallest absolute Gasteiger partial charge is 0.399 e. The van der Waals surface area contributed by atoms with Crippen LogP contribution in [0.5, 0.6) is 0 Å². The summed E-state index contributed by atoms with van der Waals surface area (Å²) in [7, 11) is 2.70. The number of aliphatic imine (C=N–C) groups is 1. The van der Waals surface area contributed by atoms with Crippen LogP contribution in [0.15, 0.2) is 29.5 Å². The second-order valence-electron chi connectivity index (χ2n) is 20.8. The first-order valence-electron chi connectivity index (χ1n) is 25.4. The topological polar surface area (TPSA) is 213 Å². The van der Waals surface area contributed by atoms with Gasteiger partial charge >= 0.3 is 7.12 Å². The number of rotatable bonds is 10. The molecule has 27 heteroatoms. The Balaban J connectivity index is 0.000000169. The molecule has 0 radical (unpaired) electrons. The second kappa shape index (κ2) is 25.0. The molecule has 21 nitrogen and oxygen atoms in total. The Hall–Kier alpha value is -5.38. The second-order valence-corrected chi connectivity index (χ2v) is 21.1. The fraction of sp³-hybridized carbons (Fsp3) is 0.653. The highest BCUT2D eigenvalue weighted by Crippen LogP contribution is 2.38. The lowest BCUT2D eigenvalue weighted by Crippen LogP contribution is -2.47. The van der Waals surface area contributed by atoms with Crippen molar-refractivity contribution in [3.63, 3.8) is 0 Å². The maximum Gasteiger partial charge on any atom is 0.496 e. The Labute approximate surface area is 447 Å². The summed E-state index contributed by atoms with van der Waals surface area (Å²) in [6.45, 7) is 26.1. The van der Waals surface area contributed by atoms with Crippen molar-refractivity contribution in [3.8, 4) is 11.4 Å². The monoisotopic (exact) mass is 1090 g/mol. The molecule has 5 aliphatic rings. The van der Waals surface area contributed by atoms with Crippen molar-refractivity contribution in [2.24, 2.45) is 4.99 Å². The Morgan fingerprint density at radius 1 is 0.684 bits per heavy atom. The molecule has 9 rings (SSSR count). The molecule has 416 valence electrons. The zero-order chi connectivity index (χ0) is 55.2. The molecular formula is C49H71BClF4N15O6. The summed E-state index contributed by atoms with van der Waals surface area (Å²) < 4.78 is 88.6. The van der Waals surface area contributed by atoms with Gasteiger partial charge in [0, 0.05) is 87.9 Å². The minimum Gasteiger partial charge on any atom is -0.399 e. The van der Waals surface area contributed by atoms with E-state index < -0.39 is 31.2 Å². The van der Waals surface area contributed by atoms with Crippen LogP contribution in [0, 0.1) is 0 Å². The van der Waals surface area contributed by atoms with Crippen LogP contribution >= 0.6 is 11.6 Å². The lowest BCUT2D eigenvalue weighted by molar-refractivity contribution is -0.00598. The number of morpholine rings is 4. The fourth-order valence-electron chi connectivity index (χ4n) is 9.00. The minimum atomic E-state index is -2.74. The van der Waals surface area contributed by atoms with Crippen LogP contribution < -0.4 is 30.8 Å². The van der Waals surface area contributed by atoms with Crippen LogP contribution in [0.2, 0.25) is 5.28 Å². The molecule has 0 spiro atoms. The van der Waals surface area contributed by atoms with Gasteiger partial charge < -0.3 is 58.5 Å². The van der Waals surface area contributed by atoms with E-state index >= 15 is 0 Å². The Morgan fingerprint density at radius 2 is 1.16 bits per heavy atom. The Bertz CT molecular complexity index is 2580. The van der Waals surface area contributed by atoms with E-state index in [0.29, 0.717) is 69.9 Å². The summed E-state index contributed by atoms with van der Waals surface area (Å²) in [6.07, 6.45) is -0.982. The number of aromatic nitrogens is 8. The van der Waals surface area contributed by atoms with E-state index in [1.165, 1.54) is 30.9 Å². The van der Waals surface area contributed by atoms with Crippen molar-refractivity contribution in [3.05, 3.63) is 40.9 Å². The molecule has 5 aliphatic heterocycles. The number of hydrogen-bond donors (Lipinski definition) is 1. The van der Waals surface area contributed by atoms with Crippen LogP contribution in [0.4, 0.5) is 53.0 Å². The van der Waals surface area contributed by atoms with Crippen LogP contribution in [0.25, 0.3) is 11.4 Å². The third-order valence-corrected chi connectivity index (χ3v) is 13.6. The molecule has 0 amide bonds. The van der Waals surface area contributed by atoms with Gasteiger partial charge in [0.15, 0.2) is 11.6 Å². The Kier molecular flexibility index (Phi) is 19.1. The highest BCUT2D eigenvalue weighted by Gasteiger charge is 2.53. The largest absolute Gasteiger partial charge is 0.496 e. The lowest BCUT2D eigenvalue weighted by Gasteiger charge is -2.37. The molecule has 5 saturated heterocycles. The van der Waals surface area contributed by atoms with Gasteiger partial charge in [0.25, 0.3) is 12.9 Å². The quantitative estimate of drug-likeness (QED) is 0.0811. The molecule has 4 aromatic rings. The zero-order valence-electron chi connectivity index (χ0n) is 45.3. The molecule has 0 saturated carbocycles. The number of halogens is 5. The van der Waals surface area contributed by atoms with E-state index in [0.717, 1.165) is 19.6 Å². The SMILES string of the molecule is CN(C)C=Nc1cc(C(F)F)c(B2OC(C)(C)C(C)(C)O2)cn1.C[C@@H]1CN(c2nc(-c3cnc(N)cc3C(F)F)nc(N3CCOC[C@H]3C)n2)C[C@H](C)O1.C[C@@H]1CN(c2nc(Cl)nc(N3CCOC[C@H]3C)n2)C[C@H](C)O1. The summed E-state index contributed by atoms with van der Waals surface area (Å²) in [4.78, 5) is 49.2. The zero-order valence-corrected chi connectivity index (χ0v) is 46.1. The molecule has 2 N–H and O–H groups in total. The fourth-order valence-corrected chi connectivity index (χ4v) is 9.15. The minimum absolute atomic E-state index is 0.00968. The summed E-state index contributed by atoms with van der Waals surface area (Å²) in [5.74, 6) is 2.49. The van der Waals surface area contributed by atoms with Gasteiger partial charge in [-0.3, -0.25) is 0 Å². The number of alkyl halides is 4. The van der Waals surface area contributed by atoms with Crippen LogP contribution in [-0.2, 0) is 28.3 Å².